The lowest BCUT2D eigenvalue weighted by atomic mass is 10.2. The summed E-state index contributed by atoms with van der Waals surface area (Å²) < 4.78 is 5.67. The molecular weight excluding hydrogens is 244 g/mol. The fourth-order valence-corrected chi connectivity index (χ4v) is 2.86. The van der Waals surface area contributed by atoms with Gasteiger partial charge in [0.25, 0.3) is 0 Å². The SMILES string of the molecule is Clc1cc(C2CC2)nc(C2CSCCO2)n1. The maximum Gasteiger partial charge on any atom is 0.159 e. The molecule has 1 unspecified atom stereocenters. The first-order valence-electron chi connectivity index (χ1n) is 5.56. The van der Waals surface area contributed by atoms with Crippen molar-refractivity contribution >= 4 is 23.4 Å². The number of ether oxygens (including phenoxy) is 1. The van der Waals surface area contributed by atoms with Crippen LogP contribution < -0.4 is 0 Å². The lowest BCUT2D eigenvalue weighted by molar-refractivity contribution is 0.0692. The Balaban J connectivity index is 1.86. The van der Waals surface area contributed by atoms with Gasteiger partial charge in [0.2, 0.25) is 0 Å². The molecule has 1 saturated carbocycles. The molecule has 1 aromatic heterocycles. The zero-order valence-electron chi connectivity index (χ0n) is 8.86. The number of halogens is 1. The van der Waals surface area contributed by atoms with Gasteiger partial charge in [-0.1, -0.05) is 11.6 Å². The molecule has 0 bridgehead atoms. The molecule has 2 heterocycles. The van der Waals surface area contributed by atoms with Crippen molar-refractivity contribution in [3.8, 4) is 0 Å². The van der Waals surface area contributed by atoms with Crippen molar-refractivity contribution < 1.29 is 4.74 Å². The van der Waals surface area contributed by atoms with Crippen LogP contribution in [0.3, 0.4) is 0 Å². The van der Waals surface area contributed by atoms with Crippen molar-refractivity contribution in [2.24, 2.45) is 0 Å². The fourth-order valence-electron chi connectivity index (χ4n) is 1.82. The van der Waals surface area contributed by atoms with Crippen LogP contribution in [0.4, 0.5) is 0 Å². The van der Waals surface area contributed by atoms with Crippen molar-refractivity contribution in [3.05, 3.63) is 22.7 Å². The Bertz CT molecular complexity index is 392. The van der Waals surface area contributed by atoms with E-state index in [0.717, 1.165) is 29.6 Å². The van der Waals surface area contributed by atoms with Crippen LogP contribution in [0.25, 0.3) is 0 Å². The minimum atomic E-state index is 0.0231. The quantitative estimate of drug-likeness (QED) is 0.763. The minimum Gasteiger partial charge on any atom is -0.368 e. The van der Waals surface area contributed by atoms with Gasteiger partial charge in [-0.05, 0) is 18.9 Å². The van der Waals surface area contributed by atoms with Gasteiger partial charge in [-0.15, -0.1) is 0 Å². The summed E-state index contributed by atoms with van der Waals surface area (Å²) >= 11 is 7.91. The van der Waals surface area contributed by atoms with Crippen molar-refractivity contribution in [2.75, 3.05) is 18.1 Å². The molecular formula is C11H13ClN2OS. The van der Waals surface area contributed by atoms with Crippen molar-refractivity contribution in [2.45, 2.75) is 24.9 Å². The maximum atomic E-state index is 6.03. The standard InChI is InChI=1S/C11H13ClN2OS/c12-10-5-8(7-1-2-7)13-11(14-10)9-6-16-4-3-15-9/h5,7,9H,1-4,6H2. The number of hydrogen-bond donors (Lipinski definition) is 0. The van der Waals surface area contributed by atoms with E-state index < -0.39 is 0 Å². The van der Waals surface area contributed by atoms with Gasteiger partial charge in [0.05, 0.1) is 6.61 Å². The molecule has 0 aromatic carbocycles. The molecule has 1 aliphatic heterocycles. The predicted octanol–water partition coefficient (Wildman–Crippen LogP) is 2.81. The van der Waals surface area contributed by atoms with Crippen LogP contribution in [0.15, 0.2) is 6.07 Å². The van der Waals surface area contributed by atoms with E-state index in [9.17, 15) is 0 Å². The van der Waals surface area contributed by atoms with Gasteiger partial charge in [-0.2, -0.15) is 11.8 Å². The molecule has 1 aliphatic carbocycles. The molecule has 1 saturated heterocycles. The van der Waals surface area contributed by atoms with Crippen LogP contribution in [-0.2, 0) is 4.74 Å². The monoisotopic (exact) mass is 256 g/mol. The van der Waals surface area contributed by atoms with Gasteiger partial charge in [0, 0.05) is 23.1 Å². The highest BCUT2D eigenvalue weighted by Crippen LogP contribution is 2.40. The number of nitrogens with zero attached hydrogens (tertiary/aromatic N) is 2. The summed E-state index contributed by atoms with van der Waals surface area (Å²) in [6, 6.07) is 1.89. The van der Waals surface area contributed by atoms with E-state index >= 15 is 0 Å². The molecule has 16 heavy (non-hydrogen) atoms. The van der Waals surface area contributed by atoms with Crippen molar-refractivity contribution in [1.29, 1.82) is 0 Å². The smallest absolute Gasteiger partial charge is 0.159 e. The molecule has 0 N–H and O–H groups in total. The Kier molecular flexibility index (Phi) is 3.05. The van der Waals surface area contributed by atoms with Gasteiger partial charge in [-0.3, -0.25) is 0 Å². The number of hydrogen-bond acceptors (Lipinski definition) is 4. The summed E-state index contributed by atoms with van der Waals surface area (Å²) in [4.78, 5) is 8.87. The molecule has 0 radical (unpaired) electrons. The third kappa shape index (κ3) is 2.34. The molecule has 1 aromatic rings. The second-order valence-electron chi connectivity index (χ2n) is 4.18. The third-order valence-corrected chi connectivity index (χ3v) is 4.02. The number of aromatic nitrogens is 2. The third-order valence-electron chi connectivity index (χ3n) is 2.83. The van der Waals surface area contributed by atoms with Crippen LogP contribution in [0.1, 0.15) is 36.4 Å². The van der Waals surface area contributed by atoms with E-state index in [1.807, 2.05) is 17.8 Å². The molecule has 2 fully saturated rings. The van der Waals surface area contributed by atoms with Crippen molar-refractivity contribution in [3.63, 3.8) is 0 Å². The van der Waals surface area contributed by atoms with Crippen LogP contribution in [0.5, 0.6) is 0 Å². The Morgan fingerprint density at radius 2 is 2.25 bits per heavy atom. The van der Waals surface area contributed by atoms with Gasteiger partial charge < -0.3 is 4.74 Å². The molecule has 0 spiro atoms. The first-order valence-corrected chi connectivity index (χ1v) is 7.10. The van der Waals surface area contributed by atoms with Gasteiger partial charge in [-0.25, -0.2) is 9.97 Å². The molecule has 3 nitrogen and oxygen atoms in total. The summed E-state index contributed by atoms with van der Waals surface area (Å²) in [6.45, 7) is 0.782. The van der Waals surface area contributed by atoms with Crippen LogP contribution in [0, 0.1) is 0 Å². The lowest BCUT2D eigenvalue weighted by Gasteiger charge is -2.21. The largest absolute Gasteiger partial charge is 0.368 e. The van der Waals surface area contributed by atoms with Gasteiger partial charge in [0.15, 0.2) is 5.82 Å². The predicted molar refractivity (Wildman–Crippen MR) is 65.0 cm³/mol. The van der Waals surface area contributed by atoms with E-state index in [2.05, 4.69) is 9.97 Å². The van der Waals surface area contributed by atoms with E-state index in [0.29, 0.717) is 11.1 Å². The topological polar surface area (TPSA) is 35.0 Å². The highest BCUT2D eigenvalue weighted by atomic mass is 35.5. The Morgan fingerprint density at radius 1 is 1.38 bits per heavy atom. The van der Waals surface area contributed by atoms with E-state index in [1.165, 1.54) is 12.8 Å². The van der Waals surface area contributed by atoms with Gasteiger partial charge >= 0.3 is 0 Å². The molecule has 3 rings (SSSR count). The highest BCUT2D eigenvalue weighted by molar-refractivity contribution is 7.99. The minimum absolute atomic E-state index is 0.0231. The summed E-state index contributed by atoms with van der Waals surface area (Å²) in [5.41, 5.74) is 1.09. The van der Waals surface area contributed by atoms with Crippen LogP contribution >= 0.6 is 23.4 Å². The van der Waals surface area contributed by atoms with Crippen molar-refractivity contribution in [1.82, 2.24) is 9.97 Å². The molecule has 1 atom stereocenters. The highest BCUT2D eigenvalue weighted by Gasteiger charge is 2.28. The number of rotatable bonds is 2. The normalized spacial score (nSPS) is 25.7. The average Bonchev–Trinajstić information content (AvgIpc) is 3.13. The average molecular weight is 257 g/mol. The first-order chi connectivity index (χ1) is 7.83. The molecule has 0 amide bonds. The fraction of sp³-hybridized carbons (Fsp3) is 0.636. The van der Waals surface area contributed by atoms with Crippen LogP contribution in [0.2, 0.25) is 5.15 Å². The zero-order chi connectivity index (χ0) is 11.0. The molecule has 86 valence electrons. The first kappa shape index (κ1) is 10.8. The summed E-state index contributed by atoms with van der Waals surface area (Å²) in [5, 5.41) is 0.547. The lowest BCUT2D eigenvalue weighted by Crippen LogP contribution is -2.18. The van der Waals surface area contributed by atoms with E-state index in [-0.39, 0.29) is 6.10 Å². The summed E-state index contributed by atoms with van der Waals surface area (Å²) in [7, 11) is 0. The summed E-state index contributed by atoms with van der Waals surface area (Å²) in [5.74, 6) is 3.37. The Hall–Kier alpha value is -0.320. The Morgan fingerprint density at radius 3 is 2.94 bits per heavy atom. The van der Waals surface area contributed by atoms with Crippen LogP contribution in [-0.4, -0.2) is 28.1 Å². The maximum absolute atomic E-state index is 6.03. The second-order valence-corrected chi connectivity index (χ2v) is 5.72. The summed E-state index contributed by atoms with van der Waals surface area (Å²) in [6.07, 6.45) is 2.48. The Labute approximate surface area is 104 Å². The molecule has 5 heteroatoms. The second kappa shape index (κ2) is 4.51. The van der Waals surface area contributed by atoms with E-state index in [4.69, 9.17) is 16.3 Å². The van der Waals surface area contributed by atoms with E-state index in [1.54, 1.807) is 0 Å². The number of thioether (sulfide) groups is 1. The van der Waals surface area contributed by atoms with Gasteiger partial charge in [0.1, 0.15) is 11.3 Å². The molecule has 2 aliphatic rings. The zero-order valence-corrected chi connectivity index (χ0v) is 10.4.